The minimum atomic E-state index is 0.0346. The van der Waals surface area contributed by atoms with Crippen molar-refractivity contribution in [2.24, 2.45) is 0 Å². The second kappa shape index (κ2) is 7.58. The number of nitrogens with one attached hydrogen (secondary N) is 1. The van der Waals surface area contributed by atoms with Crippen LogP contribution in [0, 0.1) is 0 Å². The summed E-state index contributed by atoms with van der Waals surface area (Å²) in [6, 6.07) is 14.9. The molecule has 5 heteroatoms. The van der Waals surface area contributed by atoms with Crippen molar-refractivity contribution in [2.75, 3.05) is 13.2 Å². The highest BCUT2D eigenvalue weighted by Crippen LogP contribution is 2.40. The molecule has 1 aliphatic heterocycles. The third-order valence-electron chi connectivity index (χ3n) is 4.99. The first-order valence-electron chi connectivity index (χ1n) is 9.04. The van der Waals surface area contributed by atoms with Gasteiger partial charge in [0, 0.05) is 30.0 Å². The molecular weight excluding hydrogens is 332 g/mol. The van der Waals surface area contributed by atoms with Crippen molar-refractivity contribution in [3.63, 3.8) is 0 Å². The van der Waals surface area contributed by atoms with Gasteiger partial charge in [0.15, 0.2) is 0 Å². The summed E-state index contributed by atoms with van der Waals surface area (Å²) in [6.07, 6.45) is 3.35. The van der Waals surface area contributed by atoms with Gasteiger partial charge in [-0.25, -0.2) is 4.79 Å². The number of rotatable bonds is 6. The molecule has 3 atom stereocenters. The Balaban J connectivity index is 1.37. The van der Waals surface area contributed by atoms with E-state index in [1.54, 1.807) is 11.3 Å². The molecule has 1 saturated carbocycles. The van der Waals surface area contributed by atoms with Crippen molar-refractivity contribution in [2.45, 2.75) is 43.9 Å². The zero-order valence-corrected chi connectivity index (χ0v) is 15.1. The summed E-state index contributed by atoms with van der Waals surface area (Å²) in [5.74, 6) is 0.455. The molecule has 0 spiro atoms. The van der Waals surface area contributed by atoms with E-state index in [1.165, 1.54) is 10.4 Å². The quantitative estimate of drug-likeness (QED) is 0.850. The van der Waals surface area contributed by atoms with Gasteiger partial charge in [0.05, 0.1) is 12.6 Å². The number of benzene rings is 1. The van der Waals surface area contributed by atoms with E-state index in [0.29, 0.717) is 19.0 Å². The topological polar surface area (TPSA) is 41.6 Å². The number of thiophene rings is 1. The van der Waals surface area contributed by atoms with Crippen LogP contribution in [-0.4, -0.2) is 36.2 Å². The molecule has 25 heavy (non-hydrogen) atoms. The molecule has 1 aromatic heterocycles. The van der Waals surface area contributed by atoms with Gasteiger partial charge in [0.25, 0.3) is 0 Å². The van der Waals surface area contributed by atoms with Gasteiger partial charge in [-0.3, -0.25) is 0 Å². The summed E-state index contributed by atoms with van der Waals surface area (Å²) in [4.78, 5) is 16.0. The van der Waals surface area contributed by atoms with Crippen molar-refractivity contribution in [3.05, 3.63) is 58.3 Å². The molecule has 2 aliphatic rings. The molecule has 2 aromatic rings. The van der Waals surface area contributed by atoms with Crippen molar-refractivity contribution in [1.29, 1.82) is 0 Å². The lowest BCUT2D eigenvalue weighted by atomic mass is 10.1. The Labute approximate surface area is 152 Å². The molecule has 4 rings (SSSR count). The van der Waals surface area contributed by atoms with Gasteiger partial charge < -0.3 is 15.0 Å². The van der Waals surface area contributed by atoms with E-state index in [4.69, 9.17) is 4.74 Å². The maximum atomic E-state index is 12.8. The van der Waals surface area contributed by atoms with E-state index in [0.717, 1.165) is 25.9 Å². The van der Waals surface area contributed by atoms with Gasteiger partial charge in [-0.1, -0.05) is 36.4 Å². The van der Waals surface area contributed by atoms with Crippen molar-refractivity contribution in [3.8, 4) is 0 Å². The van der Waals surface area contributed by atoms with Crippen LogP contribution in [-0.2, 0) is 11.3 Å². The Morgan fingerprint density at radius 2 is 2.12 bits per heavy atom. The van der Waals surface area contributed by atoms with Crippen LogP contribution in [0.1, 0.15) is 35.6 Å². The van der Waals surface area contributed by atoms with E-state index < -0.39 is 0 Å². The molecule has 2 heterocycles. The first-order valence-corrected chi connectivity index (χ1v) is 9.92. The van der Waals surface area contributed by atoms with Crippen molar-refractivity contribution < 1.29 is 9.53 Å². The maximum absolute atomic E-state index is 12.8. The number of nitrogens with zero attached hydrogens (tertiary/aromatic N) is 1. The molecule has 0 radical (unpaired) electrons. The van der Waals surface area contributed by atoms with Crippen LogP contribution in [0.15, 0.2) is 47.8 Å². The zero-order valence-electron chi connectivity index (χ0n) is 14.3. The van der Waals surface area contributed by atoms with E-state index >= 15 is 0 Å². The van der Waals surface area contributed by atoms with Gasteiger partial charge in [-0.15, -0.1) is 11.3 Å². The lowest BCUT2D eigenvalue weighted by Gasteiger charge is -2.25. The molecule has 3 unspecified atom stereocenters. The summed E-state index contributed by atoms with van der Waals surface area (Å²) in [7, 11) is 0. The molecule has 132 valence electrons. The molecular formula is C20H24N2O2S. The number of carbonyl (C=O) groups excluding carboxylic acids is 1. The van der Waals surface area contributed by atoms with Crippen LogP contribution in [0.25, 0.3) is 0 Å². The highest BCUT2D eigenvalue weighted by molar-refractivity contribution is 7.09. The Kier molecular flexibility index (Phi) is 5.04. The molecule has 4 nitrogen and oxygen atoms in total. The lowest BCUT2D eigenvalue weighted by Crippen LogP contribution is -2.44. The van der Waals surface area contributed by atoms with Crippen LogP contribution in [0.2, 0.25) is 0 Å². The maximum Gasteiger partial charge on any atom is 0.318 e. The van der Waals surface area contributed by atoms with Crippen molar-refractivity contribution >= 4 is 17.4 Å². The fourth-order valence-electron chi connectivity index (χ4n) is 3.52. The Bertz CT molecular complexity index is 683. The lowest BCUT2D eigenvalue weighted by molar-refractivity contribution is 0.0796. The molecule has 0 bridgehead atoms. The summed E-state index contributed by atoms with van der Waals surface area (Å²) in [5.41, 5.74) is 1.32. The van der Waals surface area contributed by atoms with Gasteiger partial charge in [-0.2, -0.15) is 0 Å². The number of urea groups is 1. The van der Waals surface area contributed by atoms with Crippen LogP contribution in [0.5, 0.6) is 0 Å². The number of hydrogen-bond donors (Lipinski definition) is 1. The van der Waals surface area contributed by atoms with E-state index in [1.807, 2.05) is 17.0 Å². The molecule has 2 fully saturated rings. The predicted octanol–water partition coefficient (Wildman–Crippen LogP) is 3.99. The first kappa shape index (κ1) is 16.6. The molecule has 1 saturated heterocycles. The average molecular weight is 356 g/mol. The number of hydrogen-bond acceptors (Lipinski definition) is 3. The molecule has 1 N–H and O–H groups in total. The average Bonchev–Trinajstić information content (AvgIpc) is 3.03. The van der Waals surface area contributed by atoms with Gasteiger partial charge >= 0.3 is 6.03 Å². The molecule has 1 aliphatic carbocycles. The zero-order chi connectivity index (χ0) is 17.1. The highest BCUT2D eigenvalue weighted by Gasteiger charge is 2.40. The second-order valence-electron chi connectivity index (χ2n) is 6.90. The summed E-state index contributed by atoms with van der Waals surface area (Å²) < 4.78 is 5.75. The van der Waals surface area contributed by atoms with Gasteiger partial charge in [-0.05, 0) is 36.3 Å². The number of carbonyl (C=O) groups is 1. The van der Waals surface area contributed by atoms with Crippen LogP contribution >= 0.6 is 11.3 Å². The Morgan fingerprint density at radius 3 is 2.84 bits per heavy atom. The Morgan fingerprint density at radius 1 is 1.24 bits per heavy atom. The van der Waals surface area contributed by atoms with E-state index in [-0.39, 0.29) is 18.2 Å². The third kappa shape index (κ3) is 4.22. The smallest absolute Gasteiger partial charge is 0.318 e. The standard InChI is InChI=1S/C20H24N2O2S/c23-20(21-19-12-18(19)15-6-2-1-3-7-15)22(13-16-8-4-10-24-16)14-17-9-5-11-25-17/h1-3,5-7,9,11,16,18-19H,4,8,10,12-14H2,(H,21,23). The largest absolute Gasteiger partial charge is 0.376 e. The van der Waals surface area contributed by atoms with Crippen LogP contribution in [0.3, 0.4) is 0 Å². The minimum Gasteiger partial charge on any atom is -0.376 e. The monoisotopic (exact) mass is 356 g/mol. The minimum absolute atomic E-state index is 0.0346. The van der Waals surface area contributed by atoms with Gasteiger partial charge in [0.1, 0.15) is 0 Å². The van der Waals surface area contributed by atoms with Crippen molar-refractivity contribution in [1.82, 2.24) is 10.2 Å². The second-order valence-corrected chi connectivity index (χ2v) is 7.94. The fourth-order valence-corrected chi connectivity index (χ4v) is 4.24. The van der Waals surface area contributed by atoms with Crippen LogP contribution in [0.4, 0.5) is 4.79 Å². The van der Waals surface area contributed by atoms with Crippen LogP contribution < -0.4 is 5.32 Å². The normalized spacial score (nSPS) is 24.9. The summed E-state index contributed by atoms with van der Waals surface area (Å²) in [5, 5.41) is 5.28. The predicted molar refractivity (Wildman–Crippen MR) is 99.8 cm³/mol. The summed E-state index contributed by atoms with van der Waals surface area (Å²) >= 11 is 1.70. The van der Waals surface area contributed by atoms with E-state index in [2.05, 4.69) is 41.0 Å². The fraction of sp³-hybridized carbons (Fsp3) is 0.450. The first-order chi connectivity index (χ1) is 12.3. The number of amides is 2. The Hall–Kier alpha value is -1.85. The molecule has 1 aromatic carbocycles. The van der Waals surface area contributed by atoms with E-state index in [9.17, 15) is 4.79 Å². The number of ether oxygens (including phenoxy) is 1. The SMILES string of the molecule is O=C(NC1CC1c1ccccc1)N(Cc1cccs1)CC1CCCO1. The third-order valence-corrected chi connectivity index (χ3v) is 5.85. The molecule has 2 amide bonds. The van der Waals surface area contributed by atoms with Gasteiger partial charge in [0.2, 0.25) is 0 Å². The highest BCUT2D eigenvalue weighted by atomic mass is 32.1. The summed E-state index contributed by atoms with van der Waals surface area (Å²) in [6.45, 7) is 2.15.